The van der Waals surface area contributed by atoms with Gasteiger partial charge >= 0.3 is 0 Å². The Labute approximate surface area is 67.5 Å². The molecule has 0 aliphatic heterocycles. The number of fused-ring (bicyclic) bond motifs is 1. The monoisotopic (exact) mass is 150 g/mol. The van der Waals surface area contributed by atoms with E-state index in [9.17, 15) is 4.79 Å². The Bertz CT molecular complexity index is 217. The smallest absolute Gasteiger partial charge is 0.134 e. The van der Waals surface area contributed by atoms with Crippen LogP contribution >= 0.6 is 0 Å². The lowest BCUT2D eigenvalue weighted by Crippen LogP contribution is -2.28. The van der Waals surface area contributed by atoms with Crippen LogP contribution in [0.3, 0.4) is 0 Å². The third-order valence-corrected chi connectivity index (χ3v) is 3.09. The Hall–Kier alpha value is -0.590. The molecule has 0 aromatic heterocycles. The standard InChI is InChI=1S/C10H14O/c1-2-4-10-5-3-8(10)6-9(11)7-10/h3,5,8H,2,4,6-7H2,1H3/t8-,10+/m0/s1. The van der Waals surface area contributed by atoms with Gasteiger partial charge in [0.15, 0.2) is 0 Å². The van der Waals surface area contributed by atoms with Crippen molar-refractivity contribution in [1.29, 1.82) is 0 Å². The molecule has 0 heterocycles. The van der Waals surface area contributed by atoms with Crippen LogP contribution in [0.1, 0.15) is 32.6 Å². The van der Waals surface area contributed by atoms with Crippen LogP contribution in [0, 0.1) is 11.3 Å². The molecule has 0 spiro atoms. The number of carbonyl (C=O) groups is 1. The molecule has 0 saturated heterocycles. The van der Waals surface area contributed by atoms with E-state index in [0.29, 0.717) is 17.1 Å². The van der Waals surface area contributed by atoms with Crippen LogP contribution < -0.4 is 0 Å². The first-order valence-electron chi connectivity index (χ1n) is 4.48. The van der Waals surface area contributed by atoms with Crippen LogP contribution in [0.2, 0.25) is 0 Å². The summed E-state index contributed by atoms with van der Waals surface area (Å²) in [4.78, 5) is 11.1. The number of hydrogen-bond donors (Lipinski definition) is 0. The van der Waals surface area contributed by atoms with Gasteiger partial charge in [-0.2, -0.15) is 0 Å². The van der Waals surface area contributed by atoms with Crippen molar-refractivity contribution < 1.29 is 4.79 Å². The van der Waals surface area contributed by atoms with Gasteiger partial charge in [-0.15, -0.1) is 0 Å². The van der Waals surface area contributed by atoms with Crippen LogP contribution in [-0.2, 0) is 4.79 Å². The molecule has 11 heavy (non-hydrogen) atoms. The van der Waals surface area contributed by atoms with Crippen LogP contribution in [0.4, 0.5) is 0 Å². The van der Waals surface area contributed by atoms with E-state index in [1.807, 2.05) is 0 Å². The Kier molecular flexibility index (Phi) is 1.41. The van der Waals surface area contributed by atoms with Crippen molar-refractivity contribution in [3.63, 3.8) is 0 Å². The van der Waals surface area contributed by atoms with Gasteiger partial charge in [0.1, 0.15) is 5.78 Å². The summed E-state index contributed by atoms with van der Waals surface area (Å²) in [5.74, 6) is 1.07. The molecule has 0 amide bonds. The van der Waals surface area contributed by atoms with Crippen LogP contribution in [0.5, 0.6) is 0 Å². The second-order valence-corrected chi connectivity index (χ2v) is 3.87. The Morgan fingerprint density at radius 2 is 2.55 bits per heavy atom. The van der Waals surface area contributed by atoms with Crippen molar-refractivity contribution in [2.75, 3.05) is 0 Å². The van der Waals surface area contributed by atoms with Crippen molar-refractivity contribution in [2.45, 2.75) is 32.6 Å². The normalized spacial score (nSPS) is 40.5. The maximum atomic E-state index is 11.1. The first kappa shape index (κ1) is 7.08. The van der Waals surface area contributed by atoms with Gasteiger partial charge in [-0.3, -0.25) is 4.79 Å². The highest BCUT2D eigenvalue weighted by Gasteiger charge is 2.47. The maximum Gasteiger partial charge on any atom is 0.134 e. The third-order valence-electron chi connectivity index (χ3n) is 3.09. The van der Waals surface area contributed by atoms with Crippen molar-refractivity contribution in [3.8, 4) is 0 Å². The molecule has 0 bridgehead atoms. The average Bonchev–Trinajstić information content (AvgIpc) is 2.15. The zero-order valence-electron chi connectivity index (χ0n) is 6.97. The summed E-state index contributed by atoms with van der Waals surface area (Å²) in [6.07, 6.45) is 8.51. The molecular weight excluding hydrogens is 136 g/mol. The minimum atomic E-state index is 0.325. The molecule has 2 rings (SSSR count). The van der Waals surface area contributed by atoms with E-state index in [-0.39, 0.29) is 0 Å². The van der Waals surface area contributed by atoms with E-state index in [0.717, 1.165) is 12.8 Å². The molecule has 60 valence electrons. The first-order chi connectivity index (χ1) is 5.27. The number of Topliss-reactive ketones (excluding diaryl/α,β-unsaturated/α-hetero) is 1. The largest absolute Gasteiger partial charge is 0.300 e. The Morgan fingerprint density at radius 1 is 1.73 bits per heavy atom. The quantitative estimate of drug-likeness (QED) is 0.552. The maximum absolute atomic E-state index is 11.1. The lowest BCUT2D eigenvalue weighted by Gasteiger charge is -2.37. The predicted molar refractivity (Wildman–Crippen MR) is 44.2 cm³/mol. The molecule has 1 saturated carbocycles. The Balaban J connectivity index is 2.14. The van der Waals surface area contributed by atoms with Gasteiger partial charge in [0.05, 0.1) is 0 Å². The van der Waals surface area contributed by atoms with E-state index in [1.54, 1.807) is 0 Å². The second kappa shape index (κ2) is 2.20. The number of rotatable bonds is 2. The predicted octanol–water partition coefficient (Wildman–Crippen LogP) is 2.32. The highest BCUT2D eigenvalue weighted by molar-refractivity contribution is 5.83. The van der Waals surface area contributed by atoms with Gasteiger partial charge in [-0.25, -0.2) is 0 Å². The van der Waals surface area contributed by atoms with Crippen molar-refractivity contribution in [1.82, 2.24) is 0 Å². The van der Waals surface area contributed by atoms with E-state index >= 15 is 0 Å². The summed E-state index contributed by atoms with van der Waals surface area (Å²) in [5, 5.41) is 0. The highest BCUT2D eigenvalue weighted by Crippen LogP contribution is 2.53. The van der Waals surface area contributed by atoms with E-state index < -0.39 is 0 Å². The fourth-order valence-corrected chi connectivity index (χ4v) is 2.47. The first-order valence-corrected chi connectivity index (χ1v) is 4.48. The average molecular weight is 150 g/mol. The molecule has 0 radical (unpaired) electrons. The van der Waals surface area contributed by atoms with Gasteiger partial charge in [0.2, 0.25) is 0 Å². The van der Waals surface area contributed by atoms with Crippen LogP contribution in [-0.4, -0.2) is 5.78 Å². The fourth-order valence-electron chi connectivity index (χ4n) is 2.47. The summed E-state index contributed by atoms with van der Waals surface area (Å²) in [5.41, 5.74) is 0.325. The molecule has 1 fully saturated rings. The van der Waals surface area contributed by atoms with Crippen molar-refractivity contribution in [2.24, 2.45) is 11.3 Å². The van der Waals surface area contributed by atoms with Crippen molar-refractivity contribution in [3.05, 3.63) is 12.2 Å². The van der Waals surface area contributed by atoms with Crippen LogP contribution in [0.15, 0.2) is 12.2 Å². The fraction of sp³-hybridized carbons (Fsp3) is 0.700. The minimum absolute atomic E-state index is 0.325. The van der Waals surface area contributed by atoms with Crippen LogP contribution in [0.25, 0.3) is 0 Å². The molecule has 2 atom stereocenters. The van der Waals surface area contributed by atoms with E-state index in [4.69, 9.17) is 0 Å². The van der Waals surface area contributed by atoms with Gasteiger partial charge < -0.3 is 0 Å². The zero-order valence-corrected chi connectivity index (χ0v) is 6.97. The van der Waals surface area contributed by atoms with E-state index in [1.165, 1.54) is 12.8 Å². The number of carbonyl (C=O) groups excluding carboxylic acids is 1. The van der Waals surface area contributed by atoms with Gasteiger partial charge in [-0.1, -0.05) is 25.5 Å². The van der Waals surface area contributed by atoms with E-state index in [2.05, 4.69) is 19.1 Å². The molecule has 0 aromatic rings. The van der Waals surface area contributed by atoms with Gasteiger partial charge in [-0.05, 0) is 12.3 Å². The summed E-state index contributed by atoms with van der Waals surface area (Å²) < 4.78 is 0. The van der Waals surface area contributed by atoms with Gasteiger partial charge in [0, 0.05) is 18.3 Å². The summed E-state index contributed by atoms with van der Waals surface area (Å²) in [7, 11) is 0. The summed E-state index contributed by atoms with van der Waals surface area (Å²) >= 11 is 0. The highest BCUT2D eigenvalue weighted by atomic mass is 16.1. The molecule has 0 N–H and O–H groups in total. The topological polar surface area (TPSA) is 17.1 Å². The zero-order chi connectivity index (χ0) is 7.90. The van der Waals surface area contributed by atoms with Crippen molar-refractivity contribution >= 4 is 5.78 Å². The molecule has 0 unspecified atom stereocenters. The SMILES string of the molecule is CCC[C@]12C=C[C@H]1CC(=O)C2. The minimum Gasteiger partial charge on any atom is -0.300 e. The lowest BCUT2D eigenvalue weighted by atomic mass is 9.67. The molecule has 2 aliphatic rings. The van der Waals surface area contributed by atoms with Gasteiger partial charge in [0.25, 0.3) is 0 Å². The molecule has 1 heteroatoms. The third kappa shape index (κ3) is 0.867. The molecular formula is C10H14O. The number of allylic oxidation sites excluding steroid dienone is 2. The molecule has 0 aromatic carbocycles. The lowest BCUT2D eigenvalue weighted by molar-refractivity contribution is -0.117. The Morgan fingerprint density at radius 3 is 3.00 bits per heavy atom. The number of hydrogen-bond acceptors (Lipinski definition) is 1. The number of ketones is 1. The summed E-state index contributed by atoms with van der Waals surface area (Å²) in [6.45, 7) is 2.20. The summed E-state index contributed by atoms with van der Waals surface area (Å²) in [6, 6.07) is 0. The molecule has 1 nitrogen and oxygen atoms in total. The second-order valence-electron chi connectivity index (χ2n) is 3.87. The molecule has 2 aliphatic carbocycles.